The van der Waals surface area contributed by atoms with E-state index in [-0.39, 0.29) is 5.91 Å². The van der Waals surface area contributed by atoms with E-state index in [1.165, 1.54) is 11.3 Å². The number of carbonyl (C=O) groups excluding carboxylic acids is 1. The van der Waals surface area contributed by atoms with Gasteiger partial charge in [0, 0.05) is 11.3 Å². The molecule has 1 aromatic carbocycles. The van der Waals surface area contributed by atoms with Crippen LogP contribution in [-0.4, -0.2) is 17.0 Å². The largest absolute Gasteiger partial charge is 0.480 e. The number of ether oxygens (including phenoxy) is 1. The van der Waals surface area contributed by atoms with E-state index < -0.39 is 6.10 Å². The third kappa shape index (κ3) is 1.98. The van der Waals surface area contributed by atoms with Crippen molar-refractivity contribution in [1.29, 1.82) is 0 Å². The lowest BCUT2D eigenvalue weighted by atomic mass is 10.1. The highest BCUT2D eigenvalue weighted by Crippen LogP contribution is 2.32. The predicted molar refractivity (Wildman–Crippen MR) is 77.3 cm³/mol. The van der Waals surface area contributed by atoms with Gasteiger partial charge in [0.15, 0.2) is 11.2 Å². The van der Waals surface area contributed by atoms with Gasteiger partial charge in [0.05, 0.1) is 5.69 Å². The molecule has 0 saturated heterocycles. The number of carbonyl (C=O) groups is 1. The topological polar surface area (TPSA) is 51.2 Å². The van der Waals surface area contributed by atoms with Crippen molar-refractivity contribution in [3.05, 3.63) is 40.4 Å². The van der Waals surface area contributed by atoms with Crippen LogP contribution in [0.15, 0.2) is 24.3 Å². The molecule has 1 aliphatic carbocycles. The Labute approximate surface area is 120 Å². The molecule has 1 N–H and O–H groups in total. The first-order valence-corrected chi connectivity index (χ1v) is 7.65. The number of nitrogens with zero attached hydrogens (tertiary/aromatic N) is 1. The summed E-state index contributed by atoms with van der Waals surface area (Å²) in [6.45, 7) is 0. The van der Waals surface area contributed by atoms with Crippen LogP contribution in [0.1, 0.15) is 22.6 Å². The van der Waals surface area contributed by atoms with Gasteiger partial charge in [0.1, 0.15) is 5.75 Å². The van der Waals surface area contributed by atoms with Crippen LogP contribution in [0.2, 0.25) is 0 Å². The molecule has 1 atom stereocenters. The summed E-state index contributed by atoms with van der Waals surface area (Å²) in [4.78, 5) is 18.0. The molecular weight excluding hydrogens is 272 g/mol. The van der Waals surface area contributed by atoms with Crippen LogP contribution in [0, 0.1) is 0 Å². The van der Waals surface area contributed by atoms with Crippen LogP contribution in [0.25, 0.3) is 0 Å². The number of benzene rings is 1. The zero-order valence-electron chi connectivity index (χ0n) is 10.9. The third-order valence-corrected chi connectivity index (χ3v) is 4.84. The summed E-state index contributed by atoms with van der Waals surface area (Å²) in [6, 6.07) is 7.79. The number of nitrogens with one attached hydrogen (secondary N) is 1. The van der Waals surface area contributed by atoms with Crippen LogP contribution in [0.4, 0.5) is 5.13 Å². The summed E-state index contributed by atoms with van der Waals surface area (Å²) < 4.78 is 5.68. The maximum atomic E-state index is 12.2. The maximum absolute atomic E-state index is 12.2. The summed E-state index contributed by atoms with van der Waals surface area (Å²) in [7, 11) is 0. The number of para-hydroxylation sites is 1. The molecule has 2 heterocycles. The molecule has 0 saturated carbocycles. The Kier molecular flexibility index (Phi) is 2.73. The summed E-state index contributed by atoms with van der Waals surface area (Å²) in [5.41, 5.74) is 2.25. The number of fused-ring (bicyclic) bond motifs is 2. The molecule has 102 valence electrons. The minimum atomic E-state index is -0.439. The molecule has 2 aliphatic rings. The fourth-order valence-corrected chi connectivity index (χ4v) is 3.81. The normalized spacial score (nSPS) is 19.3. The Bertz CT molecular complexity index is 634. The molecule has 2 aromatic rings. The van der Waals surface area contributed by atoms with Gasteiger partial charge in [-0.05, 0) is 30.9 Å². The second-order valence-electron chi connectivity index (χ2n) is 5.15. The van der Waals surface area contributed by atoms with E-state index in [1.807, 2.05) is 24.3 Å². The minimum Gasteiger partial charge on any atom is -0.480 e. The van der Waals surface area contributed by atoms with E-state index in [0.29, 0.717) is 11.6 Å². The Hall–Kier alpha value is -1.88. The summed E-state index contributed by atoms with van der Waals surface area (Å²) in [6.07, 6.45) is 3.50. The Morgan fingerprint density at radius 3 is 3.10 bits per heavy atom. The second kappa shape index (κ2) is 4.59. The second-order valence-corrected chi connectivity index (χ2v) is 6.23. The van der Waals surface area contributed by atoms with Crippen molar-refractivity contribution in [3.63, 3.8) is 0 Å². The third-order valence-electron chi connectivity index (χ3n) is 3.77. The zero-order chi connectivity index (χ0) is 13.5. The molecule has 1 aromatic heterocycles. The Morgan fingerprint density at radius 2 is 2.25 bits per heavy atom. The van der Waals surface area contributed by atoms with E-state index in [1.54, 1.807) is 11.3 Å². The minimum absolute atomic E-state index is 0.103. The maximum Gasteiger partial charge on any atom is 0.267 e. The van der Waals surface area contributed by atoms with Gasteiger partial charge >= 0.3 is 0 Å². The number of thiazole rings is 1. The SMILES string of the molecule is O=C(Nc1nc2c(s1)CCC2)[C@@H]1Cc2ccccc2O1. The van der Waals surface area contributed by atoms with Crippen LogP contribution >= 0.6 is 11.3 Å². The van der Waals surface area contributed by atoms with Crippen LogP contribution in [-0.2, 0) is 24.1 Å². The molecule has 1 amide bonds. The van der Waals surface area contributed by atoms with Gasteiger partial charge in [-0.2, -0.15) is 0 Å². The van der Waals surface area contributed by atoms with Gasteiger partial charge in [-0.25, -0.2) is 4.98 Å². The molecular formula is C15H14N2O2S. The average Bonchev–Trinajstić information content (AvgIpc) is 3.10. The first-order valence-electron chi connectivity index (χ1n) is 6.83. The lowest BCUT2D eigenvalue weighted by Crippen LogP contribution is -2.31. The summed E-state index contributed by atoms with van der Waals surface area (Å²) >= 11 is 1.59. The van der Waals surface area contributed by atoms with Crippen molar-refractivity contribution < 1.29 is 9.53 Å². The number of anilines is 1. The van der Waals surface area contributed by atoms with Crippen molar-refractivity contribution in [3.8, 4) is 5.75 Å². The molecule has 1 aliphatic heterocycles. The molecule has 0 radical (unpaired) electrons. The van der Waals surface area contributed by atoms with E-state index in [4.69, 9.17) is 4.74 Å². The first-order chi connectivity index (χ1) is 9.79. The van der Waals surface area contributed by atoms with Crippen molar-refractivity contribution in [1.82, 2.24) is 4.98 Å². The first kappa shape index (κ1) is 11.9. The van der Waals surface area contributed by atoms with E-state index in [2.05, 4.69) is 10.3 Å². The molecule has 0 unspecified atom stereocenters. The molecule has 20 heavy (non-hydrogen) atoms. The van der Waals surface area contributed by atoms with Gasteiger partial charge in [0.2, 0.25) is 0 Å². The van der Waals surface area contributed by atoms with E-state index in [0.717, 1.165) is 29.8 Å². The summed E-state index contributed by atoms with van der Waals surface area (Å²) in [5, 5.41) is 3.60. The van der Waals surface area contributed by atoms with Gasteiger partial charge < -0.3 is 4.74 Å². The van der Waals surface area contributed by atoms with Crippen LogP contribution in [0.5, 0.6) is 5.75 Å². The van der Waals surface area contributed by atoms with E-state index >= 15 is 0 Å². The Morgan fingerprint density at radius 1 is 1.35 bits per heavy atom. The predicted octanol–water partition coefficient (Wildman–Crippen LogP) is 2.57. The quantitative estimate of drug-likeness (QED) is 0.923. The van der Waals surface area contributed by atoms with Crippen LogP contribution in [0.3, 0.4) is 0 Å². The number of aryl methyl sites for hydroxylation is 2. The van der Waals surface area contributed by atoms with Gasteiger partial charge in [0.25, 0.3) is 5.91 Å². The smallest absolute Gasteiger partial charge is 0.267 e. The number of aromatic nitrogens is 1. The number of hydrogen-bond acceptors (Lipinski definition) is 4. The Balaban J connectivity index is 1.46. The summed E-state index contributed by atoms with van der Waals surface area (Å²) in [5.74, 6) is 0.711. The molecule has 0 spiro atoms. The van der Waals surface area contributed by atoms with Gasteiger partial charge in [-0.15, -0.1) is 11.3 Å². The molecule has 4 nitrogen and oxygen atoms in total. The lowest BCUT2D eigenvalue weighted by molar-refractivity contribution is -0.122. The molecule has 0 bridgehead atoms. The van der Waals surface area contributed by atoms with Crippen molar-refractivity contribution in [2.24, 2.45) is 0 Å². The van der Waals surface area contributed by atoms with Crippen LogP contribution < -0.4 is 10.1 Å². The van der Waals surface area contributed by atoms with Crippen molar-refractivity contribution >= 4 is 22.4 Å². The number of amides is 1. The molecule has 5 heteroatoms. The van der Waals surface area contributed by atoms with Crippen molar-refractivity contribution in [2.45, 2.75) is 31.8 Å². The number of hydrogen-bond donors (Lipinski definition) is 1. The van der Waals surface area contributed by atoms with Crippen molar-refractivity contribution in [2.75, 3.05) is 5.32 Å². The standard InChI is InChI=1S/C15H14N2O2S/c18-14(12-8-9-4-1-2-6-11(9)19-12)17-15-16-10-5-3-7-13(10)20-15/h1-2,4,6,12H,3,5,7-8H2,(H,16,17,18)/t12-/m0/s1. The fourth-order valence-electron chi connectivity index (χ4n) is 2.76. The number of rotatable bonds is 2. The highest BCUT2D eigenvalue weighted by Gasteiger charge is 2.29. The van der Waals surface area contributed by atoms with Gasteiger partial charge in [-0.1, -0.05) is 18.2 Å². The monoisotopic (exact) mass is 286 g/mol. The molecule has 4 rings (SSSR count). The highest BCUT2D eigenvalue weighted by atomic mass is 32.1. The zero-order valence-corrected chi connectivity index (χ0v) is 11.7. The highest BCUT2D eigenvalue weighted by molar-refractivity contribution is 7.15. The fraction of sp³-hybridized carbons (Fsp3) is 0.333. The lowest BCUT2D eigenvalue weighted by Gasteiger charge is -2.09. The van der Waals surface area contributed by atoms with Gasteiger partial charge in [-0.3, -0.25) is 10.1 Å². The average molecular weight is 286 g/mol. The van der Waals surface area contributed by atoms with E-state index in [9.17, 15) is 4.79 Å². The molecule has 0 fully saturated rings.